The first kappa shape index (κ1) is 27.2. The minimum atomic E-state index is -4.07. The van der Waals surface area contributed by atoms with E-state index < -0.39 is 28.5 Å². The van der Waals surface area contributed by atoms with Crippen LogP contribution < -0.4 is 9.62 Å². The summed E-state index contributed by atoms with van der Waals surface area (Å²) in [4.78, 5) is 27.6. The van der Waals surface area contributed by atoms with Gasteiger partial charge in [0.15, 0.2) is 0 Å². The third-order valence-corrected chi connectivity index (χ3v) is 8.11. The number of carbonyl (C=O) groups excluding carboxylic acids is 2. The molecule has 3 aromatic carbocycles. The summed E-state index contributed by atoms with van der Waals surface area (Å²) < 4.78 is 28.5. The predicted molar refractivity (Wildman–Crippen MR) is 142 cm³/mol. The van der Waals surface area contributed by atoms with Crippen molar-refractivity contribution in [2.75, 3.05) is 17.9 Å². The number of carbonyl (C=O) groups is 2. The molecule has 2 amide bonds. The number of hydrogen-bond acceptors (Lipinski definition) is 4. The fourth-order valence-electron chi connectivity index (χ4n) is 3.71. The molecule has 1 unspecified atom stereocenters. The lowest BCUT2D eigenvalue weighted by atomic mass is 10.1. The number of benzene rings is 3. The van der Waals surface area contributed by atoms with Crippen molar-refractivity contribution >= 4 is 39.1 Å². The SMILES string of the molecule is CNC(=O)C(C)N(Cc1ccc(Cl)cc1)C(=O)CN(c1ccc(C)c(C)c1)S(=O)(=O)c1ccccc1. The van der Waals surface area contributed by atoms with Gasteiger partial charge in [0, 0.05) is 18.6 Å². The van der Waals surface area contributed by atoms with Gasteiger partial charge in [0.1, 0.15) is 12.6 Å². The number of anilines is 1. The number of rotatable bonds is 9. The number of hydrogen-bond donors (Lipinski definition) is 1. The highest BCUT2D eigenvalue weighted by molar-refractivity contribution is 7.92. The minimum Gasteiger partial charge on any atom is -0.357 e. The zero-order chi connectivity index (χ0) is 26.5. The lowest BCUT2D eigenvalue weighted by Crippen LogP contribution is -2.50. The Bertz CT molecular complexity index is 1330. The van der Waals surface area contributed by atoms with Crippen molar-refractivity contribution in [2.45, 2.75) is 38.3 Å². The summed E-state index contributed by atoms with van der Waals surface area (Å²) in [6.07, 6.45) is 0. The number of nitrogens with one attached hydrogen (secondary N) is 1. The molecule has 0 aliphatic carbocycles. The second-order valence-electron chi connectivity index (χ2n) is 8.53. The molecule has 0 saturated carbocycles. The van der Waals surface area contributed by atoms with Crippen LogP contribution in [0.25, 0.3) is 0 Å². The van der Waals surface area contributed by atoms with Crippen LogP contribution in [0.5, 0.6) is 0 Å². The van der Waals surface area contributed by atoms with Crippen molar-refractivity contribution in [1.82, 2.24) is 10.2 Å². The second kappa shape index (κ2) is 11.6. The molecule has 1 atom stereocenters. The summed E-state index contributed by atoms with van der Waals surface area (Å²) in [5.74, 6) is -0.875. The van der Waals surface area contributed by atoms with E-state index in [-0.39, 0.29) is 17.3 Å². The molecule has 1 N–H and O–H groups in total. The van der Waals surface area contributed by atoms with Crippen LogP contribution in [0.4, 0.5) is 5.69 Å². The highest BCUT2D eigenvalue weighted by Gasteiger charge is 2.32. The van der Waals surface area contributed by atoms with Crippen molar-refractivity contribution in [2.24, 2.45) is 0 Å². The molecule has 0 aromatic heterocycles. The van der Waals surface area contributed by atoms with Crippen molar-refractivity contribution in [3.05, 3.63) is 94.5 Å². The Morgan fingerprint density at radius 3 is 2.17 bits per heavy atom. The second-order valence-corrected chi connectivity index (χ2v) is 10.8. The molecule has 36 heavy (non-hydrogen) atoms. The molecule has 3 rings (SSSR count). The van der Waals surface area contributed by atoms with Crippen LogP contribution in [-0.4, -0.2) is 44.8 Å². The lowest BCUT2D eigenvalue weighted by Gasteiger charge is -2.32. The fourth-order valence-corrected chi connectivity index (χ4v) is 5.26. The Balaban J connectivity index is 2.04. The standard InChI is InChI=1S/C27H30ClN3O4S/c1-19-10-15-24(16-20(19)2)31(36(34,35)25-8-6-5-7-9-25)18-26(32)30(21(3)27(33)29-4)17-22-11-13-23(28)14-12-22/h5-16,21H,17-18H2,1-4H3,(H,29,33). The average Bonchev–Trinajstić information content (AvgIpc) is 2.88. The van der Waals surface area contributed by atoms with Crippen LogP contribution in [0.2, 0.25) is 5.02 Å². The third-order valence-electron chi connectivity index (χ3n) is 6.07. The topological polar surface area (TPSA) is 86.8 Å². The average molecular weight is 528 g/mol. The van der Waals surface area contributed by atoms with E-state index in [9.17, 15) is 18.0 Å². The van der Waals surface area contributed by atoms with Crippen LogP contribution in [0, 0.1) is 13.8 Å². The number of likely N-dealkylation sites (N-methyl/N-ethyl adjacent to an activating group) is 1. The van der Waals surface area contributed by atoms with Gasteiger partial charge in [-0.25, -0.2) is 8.42 Å². The fraction of sp³-hybridized carbons (Fsp3) is 0.259. The maximum Gasteiger partial charge on any atom is 0.264 e. The molecular formula is C27H30ClN3O4S. The van der Waals surface area contributed by atoms with E-state index in [0.29, 0.717) is 10.7 Å². The number of halogens is 1. The first-order valence-corrected chi connectivity index (χ1v) is 13.3. The predicted octanol–water partition coefficient (Wildman–Crippen LogP) is 4.32. The van der Waals surface area contributed by atoms with E-state index in [2.05, 4.69) is 5.32 Å². The van der Waals surface area contributed by atoms with Crippen molar-refractivity contribution < 1.29 is 18.0 Å². The molecule has 0 aliphatic heterocycles. The number of nitrogens with zero attached hydrogens (tertiary/aromatic N) is 2. The van der Waals surface area contributed by atoms with Gasteiger partial charge in [-0.3, -0.25) is 13.9 Å². The maximum absolute atomic E-state index is 13.7. The zero-order valence-electron chi connectivity index (χ0n) is 20.7. The zero-order valence-corrected chi connectivity index (χ0v) is 22.3. The molecule has 0 fully saturated rings. The van der Waals surface area contributed by atoms with E-state index in [1.165, 1.54) is 24.1 Å². The molecular weight excluding hydrogens is 498 g/mol. The Hall–Kier alpha value is -3.36. The van der Waals surface area contributed by atoms with Gasteiger partial charge in [0.2, 0.25) is 11.8 Å². The molecule has 9 heteroatoms. The van der Waals surface area contributed by atoms with Gasteiger partial charge < -0.3 is 10.2 Å². The van der Waals surface area contributed by atoms with E-state index in [1.54, 1.807) is 61.5 Å². The molecule has 0 heterocycles. The first-order chi connectivity index (χ1) is 17.0. The summed E-state index contributed by atoms with van der Waals surface area (Å²) >= 11 is 6.00. The van der Waals surface area contributed by atoms with E-state index in [4.69, 9.17) is 11.6 Å². The lowest BCUT2D eigenvalue weighted by molar-refractivity contribution is -0.139. The van der Waals surface area contributed by atoms with Gasteiger partial charge in [-0.2, -0.15) is 0 Å². The van der Waals surface area contributed by atoms with E-state index in [0.717, 1.165) is 21.0 Å². The number of aryl methyl sites for hydroxylation is 2. The quantitative estimate of drug-likeness (QED) is 0.449. The van der Waals surface area contributed by atoms with Crippen molar-refractivity contribution in [3.63, 3.8) is 0 Å². The van der Waals surface area contributed by atoms with Gasteiger partial charge in [-0.05, 0) is 73.9 Å². The largest absolute Gasteiger partial charge is 0.357 e. The van der Waals surface area contributed by atoms with Crippen LogP contribution in [0.15, 0.2) is 77.7 Å². The van der Waals surface area contributed by atoms with Crippen LogP contribution >= 0.6 is 11.6 Å². The van der Waals surface area contributed by atoms with Crippen molar-refractivity contribution in [3.8, 4) is 0 Å². The Morgan fingerprint density at radius 1 is 0.944 bits per heavy atom. The third kappa shape index (κ3) is 6.25. The molecule has 7 nitrogen and oxygen atoms in total. The molecule has 0 bridgehead atoms. The summed E-state index contributed by atoms with van der Waals surface area (Å²) in [6.45, 7) is 5.05. The van der Waals surface area contributed by atoms with E-state index in [1.807, 2.05) is 19.9 Å². The Kier molecular flexibility index (Phi) is 8.76. The molecule has 3 aromatic rings. The summed E-state index contributed by atoms with van der Waals surface area (Å²) in [5.41, 5.74) is 3.02. The Morgan fingerprint density at radius 2 is 1.58 bits per heavy atom. The summed E-state index contributed by atoms with van der Waals surface area (Å²) in [6, 6.07) is 19.3. The summed E-state index contributed by atoms with van der Waals surface area (Å²) in [5, 5.41) is 3.11. The van der Waals surface area contributed by atoms with Gasteiger partial charge in [-0.15, -0.1) is 0 Å². The van der Waals surface area contributed by atoms with Gasteiger partial charge in [0.05, 0.1) is 10.6 Å². The van der Waals surface area contributed by atoms with Gasteiger partial charge in [-0.1, -0.05) is 48.0 Å². The van der Waals surface area contributed by atoms with Crippen LogP contribution in [0.1, 0.15) is 23.6 Å². The molecule has 0 saturated heterocycles. The molecule has 190 valence electrons. The van der Waals surface area contributed by atoms with E-state index >= 15 is 0 Å². The molecule has 0 spiro atoms. The summed E-state index contributed by atoms with van der Waals surface area (Å²) in [7, 11) is -2.58. The smallest absolute Gasteiger partial charge is 0.264 e. The van der Waals surface area contributed by atoms with Crippen LogP contribution in [0.3, 0.4) is 0 Å². The van der Waals surface area contributed by atoms with Crippen LogP contribution in [-0.2, 0) is 26.2 Å². The monoisotopic (exact) mass is 527 g/mol. The van der Waals surface area contributed by atoms with Gasteiger partial charge in [0.25, 0.3) is 10.0 Å². The van der Waals surface area contributed by atoms with Crippen molar-refractivity contribution in [1.29, 1.82) is 0 Å². The highest BCUT2D eigenvalue weighted by Crippen LogP contribution is 2.26. The van der Waals surface area contributed by atoms with Gasteiger partial charge >= 0.3 is 0 Å². The molecule has 0 radical (unpaired) electrons. The highest BCUT2D eigenvalue weighted by atomic mass is 35.5. The number of sulfonamides is 1. The normalized spacial score (nSPS) is 12.0. The maximum atomic E-state index is 13.7. The minimum absolute atomic E-state index is 0.0691. The number of amides is 2. The molecule has 0 aliphatic rings. The Labute approximate surface area is 217 Å². The first-order valence-electron chi connectivity index (χ1n) is 11.4.